The van der Waals surface area contributed by atoms with Crippen LogP contribution in [0.2, 0.25) is 13.7 Å². The molecule has 0 unspecified atom stereocenters. The number of rotatable bonds is 5. The van der Waals surface area contributed by atoms with Crippen molar-refractivity contribution < 1.29 is 4.79 Å². The summed E-state index contributed by atoms with van der Waals surface area (Å²) < 4.78 is 0.998. The maximum atomic E-state index is 11.9. The van der Waals surface area contributed by atoms with Gasteiger partial charge in [-0.25, -0.2) is 0 Å². The smallest absolute Gasteiger partial charge is 0.175 e. The van der Waals surface area contributed by atoms with E-state index in [0.717, 1.165) is 11.3 Å². The molecule has 0 spiro atoms. The lowest BCUT2D eigenvalue weighted by Crippen LogP contribution is -2.01. The largest absolute Gasteiger partial charge is 0.293 e. The third-order valence-corrected chi connectivity index (χ3v) is 5.12. The first-order chi connectivity index (χ1) is 9.06. The summed E-state index contributed by atoms with van der Waals surface area (Å²) in [6.45, 7) is 0. The van der Waals surface area contributed by atoms with E-state index in [-0.39, 0.29) is 5.78 Å². The Kier molecular flexibility index (Phi) is 5.60. The zero-order valence-electron chi connectivity index (χ0n) is 9.66. The Morgan fingerprint density at radius 3 is 2.42 bits per heavy atom. The first-order valence-electron chi connectivity index (χ1n) is 5.36. The molecule has 0 radical (unpaired) electrons. The zero-order chi connectivity index (χ0) is 13.8. The molecule has 0 N–H and O–H groups in total. The number of thioether (sulfide) groups is 1. The van der Waals surface area contributed by atoms with E-state index in [0.29, 0.717) is 25.0 Å². The average molecular weight is 352 g/mol. The van der Waals surface area contributed by atoms with Crippen molar-refractivity contribution in [2.45, 2.75) is 5.75 Å². The van der Waals surface area contributed by atoms with E-state index in [4.69, 9.17) is 34.8 Å². The summed E-state index contributed by atoms with van der Waals surface area (Å²) >= 11 is 20.3. The highest BCUT2D eigenvalue weighted by molar-refractivity contribution is 7.99. The van der Waals surface area contributed by atoms with Crippen molar-refractivity contribution in [2.75, 3.05) is 5.75 Å². The molecule has 0 aliphatic carbocycles. The van der Waals surface area contributed by atoms with E-state index in [1.54, 1.807) is 17.8 Å². The molecule has 1 nitrogen and oxygen atoms in total. The van der Waals surface area contributed by atoms with Gasteiger partial charge in [-0.15, -0.1) is 23.1 Å². The lowest BCUT2D eigenvalue weighted by molar-refractivity contribution is 0.102. The Hall–Kier alpha value is -0.190. The second-order valence-electron chi connectivity index (χ2n) is 3.78. The standard InChI is InChI=1S/C13H9Cl3OS2/c14-9-3-1-8(2-4-9)6-18-7-11(17)10-5-12(15)19-13(10)16/h1-5H,6-7H2. The van der Waals surface area contributed by atoms with Crippen LogP contribution in [0.15, 0.2) is 30.3 Å². The molecule has 2 rings (SSSR count). The van der Waals surface area contributed by atoms with Crippen LogP contribution >= 0.6 is 57.9 Å². The fourth-order valence-electron chi connectivity index (χ4n) is 1.45. The lowest BCUT2D eigenvalue weighted by Gasteiger charge is -2.01. The third kappa shape index (κ3) is 4.40. The second kappa shape index (κ2) is 7.00. The maximum absolute atomic E-state index is 11.9. The van der Waals surface area contributed by atoms with Gasteiger partial charge in [0.05, 0.1) is 10.1 Å². The molecule has 100 valence electrons. The number of thiophene rings is 1. The fraction of sp³-hybridized carbons (Fsp3) is 0.154. The van der Waals surface area contributed by atoms with Gasteiger partial charge in [-0.3, -0.25) is 4.79 Å². The van der Waals surface area contributed by atoms with E-state index >= 15 is 0 Å². The van der Waals surface area contributed by atoms with Crippen LogP contribution in [-0.4, -0.2) is 11.5 Å². The molecule has 6 heteroatoms. The van der Waals surface area contributed by atoms with Crippen molar-refractivity contribution in [3.8, 4) is 0 Å². The second-order valence-corrected chi connectivity index (χ2v) is 7.49. The van der Waals surface area contributed by atoms with Gasteiger partial charge in [-0.05, 0) is 23.8 Å². The number of ketones is 1. The topological polar surface area (TPSA) is 17.1 Å². The molecule has 19 heavy (non-hydrogen) atoms. The van der Waals surface area contributed by atoms with Crippen molar-refractivity contribution in [3.05, 3.63) is 55.2 Å². The van der Waals surface area contributed by atoms with Gasteiger partial charge in [-0.1, -0.05) is 46.9 Å². The summed E-state index contributed by atoms with van der Waals surface area (Å²) in [5.74, 6) is 1.15. The van der Waals surface area contributed by atoms with Gasteiger partial charge in [-0.2, -0.15) is 0 Å². The van der Waals surface area contributed by atoms with Crippen LogP contribution in [0.1, 0.15) is 15.9 Å². The molecule has 0 atom stereocenters. The summed E-state index contributed by atoms with van der Waals surface area (Å²) in [7, 11) is 0. The van der Waals surface area contributed by atoms with E-state index in [9.17, 15) is 4.79 Å². The number of carbonyl (C=O) groups excluding carboxylic acids is 1. The molecule has 0 aliphatic rings. The van der Waals surface area contributed by atoms with E-state index in [1.807, 2.05) is 24.3 Å². The van der Waals surface area contributed by atoms with Gasteiger partial charge in [0.15, 0.2) is 5.78 Å². The van der Waals surface area contributed by atoms with Crippen molar-refractivity contribution in [3.63, 3.8) is 0 Å². The summed E-state index contributed by atoms with van der Waals surface area (Å²) in [6.07, 6.45) is 0. The van der Waals surface area contributed by atoms with E-state index in [2.05, 4.69) is 0 Å². The van der Waals surface area contributed by atoms with Crippen LogP contribution in [0.25, 0.3) is 0 Å². The minimum atomic E-state index is 0.00659. The Bertz CT molecular complexity index is 578. The lowest BCUT2D eigenvalue weighted by atomic mass is 10.2. The first kappa shape index (κ1) is 15.2. The van der Waals surface area contributed by atoms with Gasteiger partial charge in [0.25, 0.3) is 0 Å². The summed E-state index contributed by atoms with van der Waals surface area (Å²) in [5.41, 5.74) is 1.65. The monoisotopic (exact) mass is 350 g/mol. The zero-order valence-corrected chi connectivity index (χ0v) is 13.6. The summed E-state index contributed by atoms with van der Waals surface area (Å²) in [5, 5.41) is 0.713. The Morgan fingerprint density at radius 2 is 1.84 bits per heavy atom. The maximum Gasteiger partial charge on any atom is 0.175 e. The van der Waals surface area contributed by atoms with Crippen LogP contribution in [0.3, 0.4) is 0 Å². The van der Waals surface area contributed by atoms with Crippen LogP contribution < -0.4 is 0 Å². The number of hydrogen-bond donors (Lipinski definition) is 0. The van der Waals surface area contributed by atoms with Gasteiger partial charge >= 0.3 is 0 Å². The Balaban J connectivity index is 1.87. The van der Waals surface area contributed by atoms with Crippen molar-refractivity contribution in [2.24, 2.45) is 0 Å². The molecule has 1 aromatic carbocycles. The predicted molar refractivity (Wildman–Crippen MR) is 86.3 cm³/mol. The average Bonchev–Trinajstić information content (AvgIpc) is 2.71. The molecule has 1 aromatic heterocycles. The van der Waals surface area contributed by atoms with Crippen LogP contribution in [0.5, 0.6) is 0 Å². The molecule has 0 aliphatic heterocycles. The van der Waals surface area contributed by atoms with Crippen molar-refractivity contribution in [1.29, 1.82) is 0 Å². The Morgan fingerprint density at radius 1 is 1.16 bits per heavy atom. The van der Waals surface area contributed by atoms with Gasteiger partial charge in [0, 0.05) is 16.3 Å². The normalized spacial score (nSPS) is 10.7. The highest BCUT2D eigenvalue weighted by Gasteiger charge is 2.14. The number of benzene rings is 1. The number of hydrogen-bond acceptors (Lipinski definition) is 3. The van der Waals surface area contributed by atoms with Gasteiger partial charge in [0.2, 0.25) is 0 Å². The highest BCUT2D eigenvalue weighted by Crippen LogP contribution is 2.32. The van der Waals surface area contributed by atoms with E-state index in [1.165, 1.54) is 11.3 Å². The molecule has 0 amide bonds. The molecule has 0 bridgehead atoms. The molecule has 0 saturated heterocycles. The first-order valence-corrected chi connectivity index (χ1v) is 8.47. The number of halogens is 3. The predicted octanol–water partition coefficient (Wildman–Crippen LogP) is 5.82. The van der Waals surface area contributed by atoms with E-state index < -0.39 is 0 Å². The fourth-order valence-corrected chi connectivity index (χ4v) is 3.95. The van der Waals surface area contributed by atoms with Crippen LogP contribution in [0, 0.1) is 0 Å². The molecular weight excluding hydrogens is 343 g/mol. The van der Waals surface area contributed by atoms with Crippen LogP contribution in [0.4, 0.5) is 0 Å². The Labute approximate surface area is 134 Å². The third-order valence-electron chi connectivity index (χ3n) is 2.37. The summed E-state index contributed by atoms with van der Waals surface area (Å²) in [6, 6.07) is 9.21. The van der Waals surface area contributed by atoms with Crippen molar-refractivity contribution in [1.82, 2.24) is 0 Å². The van der Waals surface area contributed by atoms with Gasteiger partial charge < -0.3 is 0 Å². The van der Waals surface area contributed by atoms with Gasteiger partial charge in [0.1, 0.15) is 4.34 Å². The number of Topliss-reactive ketones (excluding diaryl/α,β-unsaturated/α-hetero) is 1. The quantitative estimate of drug-likeness (QED) is 0.631. The molecule has 0 saturated carbocycles. The number of carbonyl (C=O) groups is 1. The molecule has 0 fully saturated rings. The minimum Gasteiger partial charge on any atom is -0.293 e. The summed E-state index contributed by atoms with van der Waals surface area (Å²) in [4.78, 5) is 11.9. The molecular formula is C13H9Cl3OS2. The van der Waals surface area contributed by atoms with Crippen LogP contribution in [-0.2, 0) is 5.75 Å². The minimum absolute atomic E-state index is 0.00659. The SMILES string of the molecule is O=C(CSCc1ccc(Cl)cc1)c1cc(Cl)sc1Cl. The highest BCUT2D eigenvalue weighted by atomic mass is 35.5. The van der Waals surface area contributed by atoms with Crippen molar-refractivity contribution >= 4 is 63.7 Å². The molecule has 1 heterocycles. The molecule has 2 aromatic rings.